The van der Waals surface area contributed by atoms with Crippen LogP contribution in [0.15, 0.2) is 4.99 Å². The first-order valence-electron chi connectivity index (χ1n) is 2.69. The van der Waals surface area contributed by atoms with Crippen molar-refractivity contribution < 1.29 is 13.9 Å². The summed E-state index contributed by atoms with van der Waals surface area (Å²) in [7, 11) is 0. The monoisotopic (exact) mass is 217 g/mol. The van der Waals surface area contributed by atoms with Gasteiger partial charge >= 0.3 is 6.72 Å². The van der Waals surface area contributed by atoms with Crippen LogP contribution in [-0.2, 0) is 13.9 Å². The van der Waals surface area contributed by atoms with Crippen LogP contribution in [0.4, 0.5) is 0 Å². The molecule has 0 saturated heterocycles. The second-order valence-corrected chi connectivity index (χ2v) is 5.39. The van der Waals surface area contributed by atoms with Gasteiger partial charge in [0, 0.05) is 0 Å². The molecule has 0 aromatic carbocycles. The number of halogens is 2. The second kappa shape index (κ2) is 4.91. The lowest BCUT2D eigenvalue weighted by atomic mass is 10.9. The van der Waals surface area contributed by atoms with Crippen LogP contribution in [-0.4, -0.2) is 17.9 Å². The molecule has 0 amide bonds. The van der Waals surface area contributed by atoms with E-state index in [1.54, 1.807) is 6.92 Å². The molecule has 11 heavy (non-hydrogen) atoms. The molecule has 0 bridgehead atoms. The molecule has 2 atom stereocenters. The van der Waals surface area contributed by atoms with E-state index < -0.39 is 12.0 Å². The minimum Gasteiger partial charge on any atom is -0.315 e. The van der Waals surface area contributed by atoms with Crippen LogP contribution in [0.5, 0.6) is 0 Å². The Bertz CT molecular complexity index is 215. The van der Waals surface area contributed by atoms with Gasteiger partial charge in [-0.2, -0.15) is 4.99 Å². The molecule has 0 fully saturated rings. The van der Waals surface area contributed by atoms with Crippen molar-refractivity contribution in [2.45, 2.75) is 12.2 Å². The van der Waals surface area contributed by atoms with E-state index in [9.17, 15) is 9.36 Å². The maximum Gasteiger partial charge on any atom is 0.329 e. The minimum atomic E-state index is -3.49. The summed E-state index contributed by atoms with van der Waals surface area (Å²) in [5.74, 6) is 0. The number of hydrogen-bond acceptors (Lipinski definition) is 4. The highest BCUT2D eigenvalue weighted by atomic mass is 35.7. The molecule has 7 heteroatoms. The summed E-state index contributed by atoms with van der Waals surface area (Å²) in [6.07, 6.45) is 1.14. The van der Waals surface area contributed by atoms with Gasteiger partial charge in [0.25, 0.3) is 0 Å². The molecule has 64 valence electrons. The first-order valence-corrected chi connectivity index (χ1v) is 5.73. The Kier molecular flexibility index (Phi) is 4.98. The van der Waals surface area contributed by atoms with Gasteiger partial charge in [-0.15, -0.1) is 0 Å². The van der Waals surface area contributed by atoms with Gasteiger partial charge in [-0.05, 0) is 18.2 Å². The largest absolute Gasteiger partial charge is 0.329 e. The Balaban J connectivity index is 4.28. The van der Waals surface area contributed by atoms with Crippen LogP contribution in [0.3, 0.4) is 0 Å². The third kappa shape index (κ3) is 3.90. The Morgan fingerprint density at radius 1 is 1.82 bits per heavy atom. The molecule has 0 saturated carbocycles. The van der Waals surface area contributed by atoms with E-state index in [1.807, 2.05) is 0 Å². The number of hydrogen-bond donors (Lipinski definition) is 0. The lowest BCUT2D eigenvalue weighted by Gasteiger charge is -2.09. The zero-order valence-electron chi connectivity index (χ0n) is 5.66. The van der Waals surface area contributed by atoms with Gasteiger partial charge in [0.15, 0.2) is 0 Å². The first kappa shape index (κ1) is 11.2. The van der Waals surface area contributed by atoms with Gasteiger partial charge in [-0.1, -0.05) is 11.6 Å². The third-order valence-electron chi connectivity index (χ3n) is 0.719. The Labute approximate surface area is 73.8 Å². The highest BCUT2D eigenvalue weighted by molar-refractivity contribution is 7.86. The van der Waals surface area contributed by atoms with Crippen molar-refractivity contribution >= 4 is 35.6 Å². The molecule has 0 aromatic heterocycles. The fourth-order valence-electron chi connectivity index (χ4n) is 0.350. The average Bonchev–Trinajstić information content (AvgIpc) is 1.88. The number of nitrogens with zero attached hydrogens (tertiary/aromatic N) is 1. The fourth-order valence-corrected chi connectivity index (χ4v) is 1.64. The number of carbonyl (C=O) groups excluding carboxylic acids is 1. The van der Waals surface area contributed by atoms with Crippen LogP contribution in [0.2, 0.25) is 0 Å². The van der Waals surface area contributed by atoms with Crippen molar-refractivity contribution in [2.24, 2.45) is 4.99 Å². The predicted molar refractivity (Wildman–Crippen MR) is 42.8 cm³/mol. The van der Waals surface area contributed by atoms with E-state index in [0.717, 1.165) is 6.08 Å². The van der Waals surface area contributed by atoms with Gasteiger partial charge < -0.3 is 4.52 Å². The van der Waals surface area contributed by atoms with Crippen molar-refractivity contribution in [3.05, 3.63) is 0 Å². The summed E-state index contributed by atoms with van der Waals surface area (Å²) < 4.78 is 15.6. The molecule has 0 aliphatic rings. The molecule has 0 heterocycles. The maximum absolute atomic E-state index is 11.0. The lowest BCUT2D eigenvalue weighted by Crippen LogP contribution is -1.95. The Morgan fingerprint density at radius 3 is 2.73 bits per heavy atom. The maximum atomic E-state index is 11.0. The molecular formula is C4H6Cl2NO3P. The van der Waals surface area contributed by atoms with Crippen LogP contribution < -0.4 is 0 Å². The summed E-state index contributed by atoms with van der Waals surface area (Å²) in [5, 5.41) is -1.35. The van der Waals surface area contributed by atoms with Gasteiger partial charge in [0.05, 0.1) is 6.61 Å². The normalized spacial score (nSPS) is 18.1. The smallest absolute Gasteiger partial charge is 0.315 e. The summed E-state index contributed by atoms with van der Waals surface area (Å²) in [5.41, 5.74) is 0. The topological polar surface area (TPSA) is 55.7 Å². The first-order chi connectivity index (χ1) is 5.04. The summed E-state index contributed by atoms with van der Waals surface area (Å²) in [6, 6.07) is 0. The second-order valence-electron chi connectivity index (χ2n) is 1.47. The van der Waals surface area contributed by atoms with Gasteiger partial charge in [0.2, 0.25) is 11.3 Å². The molecule has 0 rings (SSSR count). The Hall–Kier alpha value is 0.150. The Morgan fingerprint density at radius 2 is 2.36 bits per heavy atom. The SMILES string of the molecule is CCOP(=O)(Cl)C(Cl)N=C=O. The van der Waals surface area contributed by atoms with E-state index in [0.29, 0.717) is 0 Å². The number of isocyanates is 1. The summed E-state index contributed by atoms with van der Waals surface area (Å²) in [4.78, 5) is 12.6. The number of alkyl halides is 1. The van der Waals surface area contributed by atoms with Gasteiger partial charge in [0.1, 0.15) is 0 Å². The molecule has 0 spiro atoms. The van der Waals surface area contributed by atoms with Crippen LogP contribution >= 0.6 is 29.6 Å². The van der Waals surface area contributed by atoms with Crippen molar-refractivity contribution in [2.75, 3.05) is 6.61 Å². The quantitative estimate of drug-likeness (QED) is 0.239. The number of aliphatic imine (C=N–C) groups is 1. The van der Waals surface area contributed by atoms with E-state index >= 15 is 0 Å². The molecular weight excluding hydrogens is 212 g/mol. The molecule has 4 nitrogen and oxygen atoms in total. The van der Waals surface area contributed by atoms with Crippen molar-refractivity contribution in [3.63, 3.8) is 0 Å². The zero-order chi connectivity index (χ0) is 8.91. The van der Waals surface area contributed by atoms with E-state index in [4.69, 9.17) is 22.8 Å². The van der Waals surface area contributed by atoms with E-state index in [2.05, 4.69) is 9.52 Å². The predicted octanol–water partition coefficient (Wildman–Crippen LogP) is 2.31. The standard InChI is InChI=1S/C4H6Cl2NO3P/c1-2-10-11(6,9)4(5)7-3-8/h4H,2H2,1H3. The van der Waals surface area contributed by atoms with Crippen molar-refractivity contribution in [3.8, 4) is 0 Å². The summed E-state index contributed by atoms with van der Waals surface area (Å²) in [6.45, 7) is -1.74. The molecule has 0 aliphatic carbocycles. The molecule has 0 radical (unpaired) electrons. The van der Waals surface area contributed by atoms with Crippen LogP contribution in [0, 0.1) is 0 Å². The highest BCUT2D eigenvalue weighted by Crippen LogP contribution is 2.58. The minimum absolute atomic E-state index is 0.151. The highest BCUT2D eigenvalue weighted by Gasteiger charge is 2.29. The van der Waals surface area contributed by atoms with Gasteiger partial charge in [-0.3, -0.25) is 4.57 Å². The van der Waals surface area contributed by atoms with E-state index in [-0.39, 0.29) is 6.61 Å². The van der Waals surface area contributed by atoms with Crippen molar-refractivity contribution in [1.29, 1.82) is 0 Å². The molecule has 0 N–H and O–H groups in total. The summed E-state index contributed by atoms with van der Waals surface area (Å²) >= 11 is 10.6. The van der Waals surface area contributed by atoms with E-state index in [1.165, 1.54) is 0 Å². The van der Waals surface area contributed by atoms with Gasteiger partial charge in [-0.25, -0.2) is 4.79 Å². The van der Waals surface area contributed by atoms with Crippen LogP contribution in [0.1, 0.15) is 6.92 Å². The fraction of sp³-hybridized carbons (Fsp3) is 0.750. The van der Waals surface area contributed by atoms with Crippen molar-refractivity contribution in [1.82, 2.24) is 0 Å². The third-order valence-corrected chi connectivity index (χ3v) is 3.97. The molecule has 0 aliphatic heterocycles. The average molecular weight is 218 g/mol. The molecule has 0 aromatic rings. The number of rotatable bonds is 4. The van der Waals surface area contributed by atoms with Crippen LogP contribution in [0.25, 0.3) is 0 Å². The lowest BCUT2D eigenvalue weighted by molar-refractivity contribution is 0.343. The molecule has 2 unspecified atom stereocenters. The zero-order valence-corrected chi connectivity index (χ0v) is 8.07.